The van der Waals surface area contributed by atoms with Crippen LogP contribution in [0.5, 0.6) is 0 Å². The molecule has 0 fully saturated rings. The lowest BCUT2D eigenvalue weighted by Crippen LogP contribution is -1.94. The van der Waals surface area contributed by atoms with Gasteiger partial charge in [-0.15, -0.1) is 0 Å². The van der Waals surface area contributed by atoms with Crippen molar-refractivity contribution in [3.8, 4) is 0 Å². The van der Waals surface area contributed by atoms with Crippen LogP contribution >= 0.6 is 11.6 Å². The first-order valence-corrected chi connectivity index (χ1v) is 5.12. The molecule has 0 aromatic heterocycles. The summed E-state index contributed by atoms with van der Waals surface area (Å²) < 4.78 is 21.2. The standard InChI is InChI=1S/C8H9ClO2S/c1-6(12(10)11)7-3-2-4-8(9)5-7/h2-6,12H,1H3. The van der Waals surface area contributed by atoms with Crippen LogP contribution in [0.2, 0.25) is 5.02 Å². The first-order chi connectivity index (χ1) is 5.61. The molecule has 1 unspecified atom stereocenters. The first-order valence-electron chi connectivity index (χ1n) is 3.50. The van der Waals surface area contributed by atoms with Crippen molar-refractivity contribution in [3.63, 3.8) is 0 Å². The Morgan fingerprint density at radius 2 is 2.08 bits per heavy atom. The van der Waals surface area contributed by atoms with Gasteiger partial charge >= 0.3 is 0 Å². The predicted molar refractivity (Wildman–Crippen MR) is 50.2 cm³/mol. The van der Waals surface area contributed by atoms with Gasteiger partial charge in [0.1, 0.15) is 10.7 Å². The molecule has 1 atom stereocenters. The Labute approximate surface area is 78.1 Å². The molecule has 0 N–H and O–H groups in total. The molecule has 0 spiro atoms. The Bertz CT molecular complexity index is 339. The van der Waals surface area contributed by atoms with Gasteiger partial charge in [-0.05, 0) is 24.6 Å². The predicted octanol–water partition coefficient (Wildman–Crippen LogP) is 2.01. The largest absolute Gasteiger partial charge is 0.231 e. The molecule has 0 saturated heterocycles. The van der Waals surface area contributed by atoms with E-state index >= 15 is 0 Å². The smallest absolute Gasteiger partial charge is 0.146 e. The molecule has 0 amide bonds. The molecule has 1 aromatic rings. The summed E-state index contributed by atoms with van der Waals surface area (Å²) in [6.45, 7) is 1.64. The van der Waals surface area contributed by atoms with Crippen LogP contribution in [0.1, 0.15) is 17.7 Å². The zero-order valence-corrected chi connectivity index (χ0v) is 8.18. The van der Waals surface area contributed by atoms with Gasteiger partial charge in [-0.25, -0.2) is 8.42 Å². The molecular weight excluding hydrogens is 196 g/mol. The summed E-state index contributed by atoms with van der Waals surface area (Å²) in [4.78, 5) is 0. The molecule has 0 radical (unpaired) electrons. The van der Waals surface area contributed by atoms with Crippen molar-refractivity contribution in [3.05, 3.63) is 34.9 Å². The third-order valence-electron chi connectivity index (χ3n) is 1.65. The summed E-state index contributed by atoms with van der Waals surface area (Å²) in [5.74, 6) is 0. The van der Waals surface area contributed by atoms with E-state index in [0.29, 0.717) is 5.02 Å². The number of rotatable bonds is 2. The molecule has 0 aliphatic rings. The molecule has 0 aliphatic heterocycles. The van der Waals surface area contributed by atoms with Crippen LogP contribution in [0.3, 0.4) is 0 Å². The fraction of sp³-hybridized carbons (Fsp3) is 0.250. The van der Waals surface area contributed by atoms with Gasteiger partial charge in [-0.3, -0.25) is 0 Å². The Balaban J connectivity index is 3.03. The number of hydrogen-bond acceptors (Lipinski definition) is 2. The maximum Gasteiger partial charge on any atom is 0.146 e. The summed E-state index contributed by atoms with van der Waals surface area (Å²) in [5.41, 5.74) is 0.735. The van der Waals surface area contributed by atoms with E-state index in [1.165, 1.54) is 0 Å². The molecule has 2 nitrogen and oxygen atoms in total. The third kappa shape index (κ3) is 2.22. The van der Waals surface area contributed by atoms with Crippen molar-refractivity contribution < 1.29 is 8.42 Å². The van der Waals surface area contributed by atoms with Crippen molar-refractivity contribution in [2.75, 3.05) is 0 Å². The Morgan fingerprint density at radius 1 is 1.42 bits per heavy atom. The minimum absolute atomic E-state index is 0.460. The van der Waals surface area contributed by atoms with Crippen molar-refractivity contribution in [2.24, 2.45) is 0 Å². The molecule has 0 heterocycles. The topological polar surface area (TPSA) is 34.1 Å². The lowest BCUT2D eigenvalue weighted by atomic mass is 10.2. The zero-order chi connectivity index (χ0) is 9.14. The summed E-state index contributed by atoms with van der Waals surface area (Å²) in [6.07, 6.45) is 0. The van der Waals surface area contributed by atoms with Crippen molar-refractivity contribution in [1.82, 2.24) is 0 Å². The molecule has 0 aliphatic carbocycles. The molecule has 0 bridgehead atoms. The van der Waals surface area contributed by atoms with Gasteiger partial charge in [0.15, 0.2) is 0 Å². The quantitative estimate of drug-likeness (QED) is 0.748. The molecule has 12 heavy (non-hydrogen) atoms. The maximum atomic E-state index is 10.6. The normalized spacial score (nSPS) is 13.2. The highest BCUT2D eigenvalue weighted by Crippen LogP contribution is 2.19. The van der Waals surface area contributed by atoms with Crippen molar-refractivity contribution in [1.29, 1.82) is 0 Å². The fourth-order valence-electron chi connectivity index (χ4n) is 0.888. The molecule has 4 heteroatoms. The van der Waals surface area contributed by atoms with Crippen LogP contribution in [0.15, 0.2) is 24.3 Å². The molecule has 1 aromatic carbocycles. The van der Waals surface area contributed by atoms with E-state index in [-0.39, 0.29) is 0 Å². The van der Waals surface area contributed by atoms with Crippen LogP contribution in [0.25, 0.3) is 0 Å². The van der Waals surface area contributed by atoms with E-state index in [9.17, 15) is 8.42 Å². The van der Waals surface area contributed by atoms with E-state index < -0.39 is 16.0 Å². The Kier molecular flexibility index (Phi) is 3.12. The van der Waals surface area contributed by atoms with Gasteiger partial charge in [0, 0.05) is 5.02 Å². The highest BCUT2D eigenvalue weighted by Gasteiger charge is 2.06. The number of benzene rings is 1. The average Bonchev–Trinajstić information content (AvgIpc) is 2.03. The van der Waals surface area contributed by atoms with Gasteiger partial charge in [0.25, 0.3) is 0 Å². The summed E-state index contributed by atoms with van der Waals surface area (Å²) >= 11 is 5.70. The third-order valence-corrected chi connectivity index (χ3v) is 2.81. The fourth-order valence-corrected chi connectivity index (χ4v) is 1.49. The Hall–Kier alpha value is -0.540. The minimum Gasteiger partial charge on any atom is -0.231 e. The van der Waals surface area contributed by atoms with Crippen molar-refractivity contribution >= 4 is 22.3 Å². The molecule has 66 valence electrons. The van der Waals surface area contributed by atoms with Crippen molar-refractivity contribution in [2.45, 2.75) is 12.2 Å². The van der Waals surface area contributed by atoms with E-state index in [1.54, 1.807) is 31.2 Å². The molecular formula is C8H9ClO2S. The van der Waals surface area contributed by atoms with Crippen LogP contribution in [-0.4, -0.2) is 8.42 Å². The van der Waals surface area contributed by atoms with Gasteiger partial charge < -0.3 is 0 Å². The summed E-state index contributed by atoms with van der Waals surface area (Å²) in [6, 6.07) is 6.88. The van der Waals surface area contributed by atoms with Gasteiger partial charge in [-0.2, -0.15) is 0 Å². The van der Waals surface area contributed by atoms with Crippen LogP contribution in [0.4, 0.5) is 0 Å². The summed E-state index contributed by atoms with van der Waals surface area (Å²) in [5, 5.41) is 0.106. The van der Waals surface area contributed by atoms with Gasteiger partial charge in [0.05, 0.1) is 5.25 Å². The molecule has 1 rings (SSSR count). The van der Waals surface area contributed by atoms with E-state index in [1.807, 2.05) is 0 Å². The molecule has 0 saturated carbocycles. The second-order valence-corrected chi connectivity index (χ2v) is 4.30. The minimum atomic E-state index is -2.41. The van der Waals surface area contributed by atoms with E-state index in [0.717, 1.165) is 5.56 Å². The van der Waals surface area contributed by atoms with Crippen LogP contribution in [-0.2, 0) is 10.7 Å². The number of hydrogen-bond donors (Lipinski definition) is 1. The SMILES string of the molecule is CC(c1cccc(Cl)c1)[SH](=O)=O. The maximum absolute atomic E-state index is 10.6. The van der Waals surface area contributed by atoms with E-state index in [2.05, 4.69) is 0 Å². The second kappa shape index (κ2) is 3.92. The second-order valence-electron chi connectivity index (χ2n) is 2.52. The van der Waals surface area contributed by atoms with E-state index in [4.69, 9.17) is 11.6 Å². The van der Waals surface area contributed by atoms with Gasteiger partial charge in [0.2, 0.25) is 0 Å². The average molecular weight is 205 g/mol. The van der Waals surface area contributed by atoms with Crippen LogP contribution in [0, 0.1) is 0 Å². The summed E-state index contributed by atoms with van der Waals surface area (Å²) in [7, 11) is -2.41. The monoisotopic (exact) mass is 204 g/mol. The number of halogens is 1. The van der Waals surface area contributed by atoms with Crippen LogP contribution < -0.4 is 0 Å². The number of thiol groups is 1. The lowest BCUT2D eigenvalue weighted by molar-refractivity contribution is 0.606. The first kappa shape index (κ1) is 9.55. The zero-order valence-electron chi connectivity index (χ0n) is 6.53. The van der Waals surface area contributed by atoms with Gasteiger partial charge in [-0.1, -0.05) is 23.7 Å². The highest BCUT2D eigenvalue weighted by atomic mass is 35.5. The Morgan fingerprint density at radius 3 is 2.58 bits per heavy atom. The highest BCUT2D eigenvalue weighted by molar-refractivity contribution is 7.72. The lowest BCUT2D eigenvalue weighted by Gasteiger charge is -2.03.